The molecule has 0 amide bonds. The van der Waals surface area contributed by atoms with Crippen LogP contribution in [0.15, 0.2) is 22.7 Å². The first-order valence-corrected chi connectivity index (χ1v) is 7.39. The maximum absolute atomic E-state index is 13.3. The van der Waals surface area contributed by atoms with Crippen molar-refractivity contribution in [2.45, 2.75) is 44.6 Å². The fourth-order valence-corrected chi connectivity index (χ4v) is 3.09. The van der Waals surface area contributed by atoms with E-state index in [9.17, 15) is 14.3 Å². The first-order chi connectivity index (χ1) is 8.89. The van der Waals surface area contributed by atoms with Crippen molar-refractivity contribution in [1.82, 2.24) is 0 Å². The number of Topliss-reactive ketones (excluding diaryl/α,β-unsaturated/α-hetero) is 1. The van der Waals surface area contributed by atoms with Crippen molar-refractivity contribution in [1.29, 1.82) is 0 Å². The maximum Gasteiger partial charge on any atom is 0.168 e. The third-order valence-electron chi connectivity index (χ3n) is 3.91. The smallest absolute Gasteiger partial charge is 0.168 e. The number of hydrogen-bond donors (Lipinski definition) is 1. The van der Waals surface area contributed by atoms with Crippen LogP contribution < -0.4 is 0 Å². The molecule has 0 atom stereocenters. The largest absolute Gasteiger partial charge is 0.382 e. The van der Waals surface area contributed by atoms with Crippen molar-refractivity contribution in [2.24, 2.45) is 5.92 Å². The number of aliphatic hydroxyl groups is 1. The third kappa shape index (κ3) is 3.63. The molecule has 1 saturated carbocycles. The van der Waals surface area contributed by atoms with Gasteiger partial charge in [-0.25, -0.2) is 4.39 Å². The highest BCUT2D eigenvalue weighted by Crippen LogP contribution is 2.33. The monoisotopic (exact) mass is 328 g/mol. The number of hydrogen-bond acceptors (Lipinski definition) is 2. The highest BCUT2D eigenvalue weighted by atomic mass is 79.9. The zero-order valence-corrected chi connectivity index (χ0v) is 12.5. The second kappa shape index (κ2) is 5.71. The lowest BCUT2D eigenvalue weighted by molar-refractivity contribution is -0.140. The van der Waals surface area contributed by atoms with Gasteiger partial charge in [0.1, 0.15) is 11.4 Å². The molecule has 1 N–H and O–H groups in total. The molecule has 1 fully saturated rings. The van der Waals surface area contributed by atoms with Crippen LogP contribution in [0.3, 0.4) is 0 Å². The van der Waals surface area contributed by atoms with Crippen LogP contribution in [0.5, 0.6) is 0 Å². The number of rotatable bonds is 3. The number of halogens is 2. The zero-order chi connectivity index (χ0) is 14.0. The summed E-state index contributed by atoms with van der Waals surface area (Å²) in [5, 5.41) is 10.4. The SMILES string of the molecule is CC1CCC(O)(C(=O)Cc2cc(F)cc(Br)c2)CC1. The molecule has 2 nitrogen and oxygen atoms in total. The van der Waals surface area contributed by atoms with Gasteiger partial charge in [0.25, 0.3) is 0 Å². The average Bonchev–Trinajstić information content (AvgIpc) is 2.32. The minimum Gasteiger partial charge on any atom is -0.382 e. The minimum absolute atomic E-state index is 0.0846. The Bertz CT molecular complexity index is 459. The summed E-state index contributed by atoms with van der Waals surface area (Å²) in [6.45, 7) is 2.13. The molecule has 0 saturated heterocycles. The van der Waals surface area contributed by atoms with Gasteiger partial charge in [-0.3, -0.25) is 4.79 Å². The number of carbonyl (C=O) groups excluding carboxylic acids is 1. The molecule has 0 aromatic heterocycles. The van der Waals surface area contributed by atoms with E-state index in [0.29, 0.717) is 28.8 Å². The normalized spacial score (nSPS) is 27.3. The van der Waals surface area contributed by atoms with E-state index in [2.05, 4.69) is 22.9 Å². The highest BCUT2D eigenvalue weighted by molar-refractivity contribution is 9.10. The summed E-state index contributed by atoms with van der Waals surface area (Å²) in [5.74, 6) is -0.00489. The Labute approximate surface area is 121 Å². The van der Waals surface area contributed by atoms with Crippen molar-refractivity contribution < 1.29 is 14.3 Å². The van der Waals surface area contributed by atoms with Gasteiger partial charge in [0, 0.05) is 10.9 Å². The van der Waals surface area contributed by atoms with E-state index >= 15 is 0 Å². The first-order valence-electron chi connectivity index (χ1n) is 6.60. The first kappa shape index (κ1) is 14.7. The molecule has 104 valence electrons. The summed E-state index contributed by atoms with van der Waals surface area (Å²) in [7, 11) is 0. The van der Waals surface area contributed by atoms with Crippen LogP contribution in [0.1, 0.15) is 38.2 Å². The Hall–Kier alpha value is -0.740. The quantitative estimate of drug-likeness (QED) is 0.919. The fourth-order valence-electron chi connectivity index (χ4n) is 2.58. The molecule has 0 radical (unpaired) electrons. The van der Waals surface area contributed by atoms with Crippen LogP contribution in [-0.4, -0.2) is 16.5 Å². The summed E-state index contributed by atoms with van der Waals surface area (Å²) < 4.78 is 13.9. The van der Waals surface area contributed by atoms with Crippen molar-refractivity contribution >= 4 is 21.7 Å². The van der Waals surface area contributed by atoms with Crippen LogP contribution >= 0.6 is 15.9 Å². The van der Waals surface area contributed by atoms with E-state index in [1.165, 1.54) is 12.1 Å². The summed E-state index contributed by atoms with van der Waals surface area (Å²) in [4.78, 5) is 12.2. The number of carbonyl (C=O) groups is 1. The van der Waals surface area contributed by atoms with Gasteiger partial charge in [-0.1, -0.05) is 22.9 Å². The van der Waals surface area contributed by atoms with Crippen LogP contribution in [0.2, 0.25) is 0 Å². The summed E-state index contributed by atoms with van der Waals surface area (Å²) >= 11 is 3.21. The fraction of sp³-hybridized carbons (Fsp3) is 0.533. The molecule has 0 bridgehead atoms. The molecule has 2 rings (SSSR count). The topological polar surface area (TPSA) is 37.3 Å². The molecule has 0 spiro atoms. The highest BCUT2D eigenvalue weighted by Gasteiger charge is 2.38. The van der Waals surface area contributed by atoms with E-state index in [4.69, 9.17) is 0 Å². The van der Waals surface area contributed by atoms with Gasteiger partial charge in [-0.05, 0) is 55.4 Å². The lowest BCUT2D eigenvalue weighted by Gasteiger charge is -2.33. The molecule has 0 aliphatic heterocycles. The van der Waals surface area contributed by atoms with Gasteiger partial charge in [0.05, 0.1) is 0 Å². The standard InChI is InChI=1S/C15H18BrFO2/c1-10-2-4-15(19,5-3-10)14(18)8-11-6-12(16)9-13(17)7-11/h6-7,9-10,19H,2-5,8H2,1H3. The van der Waals surface area contributed by atoms with E-state index < -0.39 is 5.60 Å². The Morgan fingerprint density at radius 1 is 1.42 bits per heavy atom. The van der Waals surface area contributed by atoms with E-state index in [0.717, 1.165) is 12.8 Å². The van der Waals surface area contributed by atoms with Crippen LogP contribution in [-0.2, 0) is 11.2 Å². The third-order valence-corrected chi connectivity index (χ3v) is 4.37. The van der Waals surface area contributed by atoms with Gasteiger partial charge in [0.15, 0.2) is 5.78 Å². The molecule has 1 aromatic rings. The molecule has 1 aliphatic carbocycles. The van der Waals surface area contributed by atoms with Crippen LogP contribution in [0.25, 0.3) is 0 Å². The molecule has 1 aromatic carbocycles. The number of ketones is 1. The zero-order valence-electron chi connectivity index (χ0n) is 11.0. The average molecular weight is 329 g/mol. The lowest BCUT2D eigenvalue weighted by atomic mass is 9.76. The summed E-state index contributed by atoms with van der Waals surface area (Å²) in [5.41, 5.74) is -0.616. The predicted octanol–water partition coefficient (Wildman–Crippen LogP) is 3.64. The Morgan fingerprint density at radius 2 is 2.05 bits per heavy atom. The molecular formula is C15H18BrFO2. The Kier molecular flexibility index (Phi) is 4.41. The maximum atomic E-state index is 13.3. The van der Waals surface area contributed by atoms with Crippen molar-refractivity contribution in [3.05, 3.63) is 34.1 Å². The van der Waals surface area contributed by atoms with Gasteiger partial charge in [-0.2, -0.15) is 0 Å². The van der Waals surface area contributed by atoms with Crippen molar-refractivity contribution in [2.75, 3.05) is 0 Å². The second-order valence-corrected chi connectivity index (χ2v) is 6.51. The van der Waals surface area contributed by atoms with Crippen molar-refractivity contribution in [3.63, 3.8) is 0 Å². The Balaban J connectivity index is 2.08. The molecule has 0 unspecified atom stereocenters. The molecule has 0 heterocycles. The van der Waals surface area contributed by atoms with E-state index in [1.54, 1.807) is 6.07 Å². The van der Waals surface area contributed by atoms with Gasteiger partial charge < -0.3 is 5.11 Å². The molecule has 1 aliphatic rings. The van der Waals surface area contributed by atoms with Crippen molar-refractivity contribution in [3.8, 4) is 0 Å². The number of benzene rings is 1. The molecule has 19 heavy (non-hydrogen) atoms. The minimum atomic E-state index is -1.22. The van der Waals surface area contributed by atoms with Gasteiger partial charge in [-0.15, -0.1) is 0 Å². The van der Waals surface area contributed by atoms with Crippen LogP contribution in [0.4, 0.5) is 4.39 Å². The summed E-state index contributed by atoms with van der Waals surface area (Å²) in [6.07, 6.45) is 2.86. The second-order valence-electron chi connectivity index (χ2n) is 5.59. The van der Waals surface area contributed by atoms with Gasteiger partial charge >= 0.3 is 0 Å². The molecular weight excluding hydrogens is 311 g/mol. The summed E-state index contributed by atoms with van der Waals surface area (Å²) in [6, 6.07) is 4.41. The van der Waals surface area contributed by atoms with Crippen LogP contribution in [0, 0.1) is 11.7 Å². The molecule has 4 heteroatoms. The van der Waals surface area contributed by atoms with E-state index in [-0.39, 0.29) is 18.0 Å². The van der Waals surface area contributed by atoms with Gasteiger partial charge in [0.2, 0.25) is 0 Å². The predicted molar refractivity (Wildman–Crippen MR) is 75.4 cm³/mol. The van der Waals surface area contributed by atoms with E-state index in [1.807, 2.05) is 0 Å². The Morgan fingerprint density at radius 3 is 2.63 bits per heavy atom. The lowest BCUT2D eigenvalue weighted by Crippen LogP contribution is -2.42.